The minimum absolute atomic E-state index is 0.0238. The van der Waals surface area contributed by atoms with Crippen LogP contribution in [0.15, 0.2) is 54.7 Å². The minimum Gasteiger partial charge on any atom is -0.337 e. The van der Waals surface area contributed by atoms with E-state index in [-0.39, 0.29) is 5.91 Å². The Hall–Kier alpha value is -2.75. The number of aryl methyl sites for hydroxylation is 1. The molecule has 2 aromatic carbocycles. The number of aromatic nitrogens is 2. The van der Waals surface area contributed by atoms with Crippen LogP contribution in [0.4, 0.5) is 0 Å². The molecule has 4 heteroatoms. The molecule has 3 aromatic rings. The summed E-state index contributed by atoms with van der Waals surface area (Å²) < 4.78 is 0. The van der Waals surface area contributed by atoms with Gasteiger partial charge in [-0.15, -0.1) is 0 Å². The van der Waals surface area contributed by atoms with E-state index < -0.39 is 0 Å². The van der Waals surface area contributed by atoms with Gasteiger partial charge >= 0.3 is 0 Å². The largest absolute Gasteiger partial charge is 0.337 e. The lowest BCUT2D eigenvalue weighted by atomic mass is 9.94. The van der Waals surface area contributed by atoms with Gasteiger partial charge in [-0.25, -0.2) is 4.98 Å². The van der Waals surface area contributed by atoms with Crippen LogP contribution in [0.25, 0.3) is 11.0 Å². The van der Waals surface area contributed by atoms with Gasteiger partial charge < -0.3 is 4.90 Å². The van der Waals surface area contributed by atoms with Crippen LogP contribution in [0.1, 0.15) is 34.0 Å². The Bertz CT molecular complexity index is 906. The van der Waals surface area contributed by atoms with E-state index in [0.29, 0.717) is 11.6 Å². The van der Waals surface area contributed by atoms with Crippen molar-refractivity contribution < 1.29 is 4.79 Å². The third kappa shape index (κ3) is 2.64. The first-order valence-electron chi connectivity index (χ1n) is 8.29. The van der Waals surface area contributed by atoms with Gasteiger partial charge in [0.05, 0.1) is 17.2 Å². The number of nitrogens with zero attached hydrogens (tertiary/aromatic N) is 3. The van der Waals surface area contributed by atoms with E-state index in [1.807, 2.05) is 29.2 Å². The number of fused-ring (bicyclic) bond motifs is 1. The second-order valence-electron chi connectivity index (χ2n) is 6.34. The maximum Gasteiger partial charge on any atom is 0.274 e. The van der Waals surface area contributed by atoms with Crippen molar-refractivity contribution in [1.29, 1.82) is 0 Å². The number of hydrogen-bond acceptors (Lipinski definition) is 3. The van der Waals surface area contributed by atoms with Crippen molar-refractivity contribution in [2.24, 2.45) is 0 Å². The van der Waals surface area contributed by atoms with Gasteiger partial charge in [-0.2, -0.15) is 0 Å². The summed E-state index contributed by atoms with van der Waals surface area (Å²) in [6.07, 6.45) is 2.59. The van der Waals surface area contributed by atoms with Crippen LogP contribution in [0.5, 0.6) is 0 Å². The van der Waals surface area contributed by atoms with Gasteiger partial charge in [0.1, 0.15) is 5.69 Å². The van der Waals surface area contributed by atoms with Crippen LogP contribution in [-0.2, 0) is 0 Å². The number of carbonyl (C=O) groups is 1. The highest BCUT2D eigenvalue weighted by molar-refractivity contribution is 5.94. The molecule has 4 nitrogen and oxygen atoms in total. The van der Waals surface area contributed by atoms with E-state index >= 15 is 0 Å². The maximum absolute atomic E-state index is 12.8. The van der Waals surface area contributed by atoms with Crippen LogP contribution in [0.3, 0.4) is 0 Å². The van der Waals surface area contributed by atoms with E-state index in [0.717, 1.165) is 30.5 Å². The molecule has 0 saturated carbocycles. The number of para-hydroxylation sites is 2. The highest BCUT2D eigenvalue weighted by Crippen LogP contribution is 2.30. The molecular formula is C20H19N3O. The molecule has 0 unspecified atom stereocenters. The Balaban J connectivity index is 1.55. The quantitative estimate of drug-likeness (QED) is 0.726. The fraction of sp³-hybridized carbons (Fsp3) is 0.250. The van der Waals surface area contributed by atoms with Crippen LogP contribution in [-0.4, -0.2) is 33.9 Å². The van der Waals surface area contributed by atoms with Crippen molar-refractivity contribution >= 4 is 16.9 Å². The molecule has 0 aliphatic carbocycles. The Morgan fingerprint density at radius 3 is 2.67 bits per heavy atom. The van der Waals surface area contributed by atoms with Crippen LogP contribution in [0.2, 0.25) is 0 Å². The summed E-state index contributed by atoms with van der Waals surface area (Å²) in [5.41, 5.74) is 4.64. The summed E-state index contributed by atoms with van der Waals surface area (Å²) in [6.45, 7) is 3.65. The fourth-order valence-corrected chi connectivity index (χ4v) is 3.47. The van der Waals surface area contributed by atoms with E-state index in [1.165, 1.54) is 11.1 Å². The predicted molar refractivity (Wildman–Crippen MR) is 94.0 cm³/mol. The number of likely N-dealkylation sites (tertiary alicyclic amines) is 1. The van der Waals surface area contributed by atoms with Crippen molar-refractivity contribution in [1.82, 2.24) is 14.9 Å². The van der Waals surface area contributed by atoms with Gasteiger partial charge in [0.25, 0.3) is 5.91 Å². The number of rotatable bonds is 2. The standard InChI is InChI=1S/C20H19N3O/c1-14-6-2-3-7-16(14)15-10-11-23(13-15)20(24)19-12-21-17-8-4-5-9-18(17)22-19/h2-9,12,15H,10-11,13H2,1H3/t15-/m0/s1. The summed E-state index contributed by atoms with van der Waals surface area (Å²) >= 11 is 0. The topological polar surface area (TPSA) is 46.1 Å². The Morgan fingerprint density at radius 1 is 1.08 bits per heavy atom. The first-order chi connectivity index (χ1) is 11.7. The van der Waals surface area contributed by atoms with Crippen molar-refractivity contribution in [2.75, 3.05) is 13.1 Å². The molecule has 1 aliphatic heterocycles. The zero-order valence-electron chi connectivity index (χ0n) is 13.6. The van der Waals surface area contributed by atoms with Crippen molar-refractivity contribution in [3.05, 3.63) is 71.5 Å². The monoisotopic (exact) mass is 317 g/mol. The molecule has 24 heavy (non-hydrogen) atoms. The Kier molecular flexibility index (Phi) is 3.73. The van der Waals surface area contributed by atoms with Crippen LogP contribution in [0, 0.1) is 6.92 Å². The first-order valence-corrected chi connectivity index (χ1v) is 8.29. The molecule has 0 radical (unpaired) electrons. The predicted octanol–water partition coefficient (Wildman–Crippen LogP) is 3.57. The molecule has 4 rings (SSSR count). The minimum atomic E-state index is -0.0238. The molecule has 1 aromatic heterocycles. The molecular weight excluding hydrogens is 298 g/mol. The highest BCUT2D eigenvalue weighted by Gasteiger charge is 2.29. The molecule has 0 bridgehead atoms. The highest BCUT2D eigenvalue weighted by atomic mass is 16.2. The molecule has 1 amide bonds. The van der Waals surface area contributed by atoms with Gasteiger partial charge in [-0.1, -0.05) is 36.4 Å². The van der Waals surface area contributed by atoms with Crippen LogP contribution < -0.4 is 0 Å². The number of amides is 1. The summed E-state index contributed by atoms with van der Waals surface area (Å²) in [7, 11) is 0. The van der Waals surface area contributed by atoms with E-state index in [9.17, 15) is 4.79 Å². The van der Waals surface area contributed by atoms with Crippen molar-refractivity contribution in [3.8, 4) is 0 Å². The van der Waals surface area contributed by atoms with E-state index in [1.54, 1.807) is 6.20 Å². The molecule has 0 spiro atoms. The third-order valence-electron chi connectivity index (χ3n) is 4.77. The SMILES string of the molecule is Cc1ccccc1[C@H]1CCN(C(=O)c2cnc3ccccc3n2)C1. The average Bonchev–Trinajstić information content (AvgIpc) is 3.11. The van der Waals surface area contributed by atoms with E-state index in [4.69, 9.17) is 0 Å². The Labute approximate surface area is 141 Å². The molecule has 2 heterocycles. The second-order valence-corrected chi connectivity index (χ2v) is 6.34. The lowest BCUT2D eigenvalue weighted by Gasteiger charge is -2.17. The van der Waals surface area contributed by atoms with Crippen molar-refractivity contribution in [2.45, 2.75) is 19.3 Å². The van der Waals surface area contributed by atoms with Gasteiger partial charge in [-0.3, -0.25) is 9.78 Å². The van der Waals surface area contributed by atoms with Gasteiger partial charge in [-0.05, 0) is 36.6 Å². The lowest BCUT2D eigenvalue weighted by Crippen LogP contribution is -2.29. The fourth-order valence-electron chi connectivity index (χ4n) is 3.47. The first kappa shape index (κ1) is 14.8. The number of benzene rings is 2. The average molecular weight is 317 g/mol. The van der Waals surface area contributed by atoms with Gasteiger partial charge in [0.15, 0.2) is 0 Å². The zero-order valence-corrected chi connectivity index (χ0v) is 13.6. The number of carbonyl (C=O) groups excluding carboxylic acids is 1. The molecule has 120 valence electrons. The third-order valence-corrected chi connectivity index (χ3v) is 4.77. The summed E-state index contributed by atoms with van der Waals surface area (Å²) in [5, 5.41) is 0. The molecule has 0 N–H and O–H groups in total. The van der Waals surface area contributed by atoms with Gasteiger partial charge in [0.2, 0.25) is 0 Å². The molecule has 1 fully saturated rings. The van der Waals surface area contributed by atoms with Gasteiger partial charge in [0, 0.05) is 19.0 Å². The second kappa shape index (κ2) is 6.04. The van der Waals surface area contributed by atoms with E-state index in [2.05, 4.69) is 41.2 Å². The molecule has 1 saturated heterocycles. The summed E-state index contributed by atoms with van der Waals surface area (Å²) in [5.74, 6) is 0.382. The molecule has 1 aliphatic rings. The summed E-state index contributed by atoms with van der Waals surface area (Å²) in [4.78, 5) is 23.5. The normalized spacial score (nSPS) is 17.4. The molecule has 1 atom stereocenters. The Morgan fingerprint density at radius 2 is 1.83 bits per heavy atom. The summed E-state index contributed by atoms with van der Waals surface area (Å²) in [6, 6.07) is 16.1. The lowest BCUT2D eigenvalue weighted by molar-refractivity contribution is 0.0785. The number of hydrogen-bond donors (Lipinski definition) is 0. The smallest absolute Gasteiger partial charge is 0.274 e. The van der Waals surface area contributed by atoms with Crippen molar-refractivity contribution in [3.63, 3.8) is 0 Å². The zero-order chi connectivity index (χ0) is 16.5. The van der Waals surface area contributed by atoms with Crippen LogP contribution >= 0.6 is 0 Å². The maximum atomic E-state index is 12.8.